The van der Waals surface area contributed by atoms with Crippen LogP contribution in [0, 0.1) is 5.41 Å². The molecule has 23 heavy (non-hydrogen) atoms. The Morgan fingerprint density at radius 3 is 2.70 bits per heavy atom. The van der Waals surface area contributed by atoms with Gasteiger partial charge in [-0.2, -0.15) is 0 Å². The number of amides is 1. The number of hydrogen-bond donors (Lipinski definition) is 0. The number of carbonyl (C=O) groups is 1. The van der Waals surface area contributed by atoms with Crippen molar-refractivity contribution in [2.45, 2.75) is 38.6 Å². The highest BCUT2D eigenvalue weighted by Crippen LogP contribution is 2.41. The Balaban J connectivity index is 1.60. The summed E-state index contributed by atoms with van der Waals surface area (Å²) in [5.41, 5.74) is 0.747. The van der Waals surface area contributed by atoms with Gasteiger partial charge < -0.3 is 9.80 Å². The average Bonchev–Trinajstić information content (AvgIpc) is 2.62. The second-order valence-electron chi connectivity index (χ2n) is 6.78. The van der Waals surface area contributed by atoms with Crippen LogP contribution < -0.4 is 0 Å². The van der Waals surface area contributed by atoms with Crippen molar-refractivity contribution >= 4 is 5.91 Å². The number of likely N-dealkylation sites (tertiary alicyclic amines) is 1. The molecule has 2 aliphatic rings. The number of aromatic nitrogens is 2. The zero-order valence-electron chi connectivity index (χ0n) is 14.1. The van der Waals surface area contributed by atoms with E-state index >= 15 is 0 Å². The molecule has 5 nitrogen and oxygen atoms in total. The lowest BCUT2D eigenvalue weighted by Crippen LogP contribution is -2.45. The van der Waals surface area contributed by atoms with E-state index in [1.165, 1.54) is 12.8 Å². The van der Waals surface area contributed by atoms with Gasteiger partial charge in [-0.1, -0.05) is 19.1 Å². The Labute approximate surface area is 138 Å². The summed E-state index contributed by atoms with van der Waals surface area (Å²) in [6.45, 7) is 4.92. The standard InChI is InChI=1S/C18H26N4O/c1-3-21(2)15-4-6-18(7-5-15)8-12-22(13-9-18)17(23)16-14-19-10-11-20-16/h4,6,10-11,14-15H,3,5,7-9,12-13H2,1-2H3/t15-/m0/s1. The van der Waals surface area contributed by atoms with Crippen LogP contribution >= 0.6 is 0 Å². The lowest BCUT2D eigenvalue weighted by Gasteiger charge is -2.43. The molecule has 0 bridgehead atoms. The summed E-state index contributed by atoms with van der Waals surface area (Å²) in [5, 5.41) is 0. The van der Waals surface area contributed by atoms with E-state index < -0.39 is 0 Å². The van der Waals surface area contributed by atoms with Crippen LogP contribution in [-0.2, 0) is 0 Å². The molecule has 1 saturated heterocycles. The SMILES string of the molecule is CCN(C)[C@H]1C=CC2(CC1)CCN(C(=O)c1cnccn1)CC2. The summed E-state index contributed by atoms with van der Waals surface area (Å²) < 4.78 is 0. The van der Waals surface area contributed by atoms with Crippen molar-refractivity contribution in [3.63, 3.8) is 0 Å². The summed E-state index contributed by atoms with van der Waals surface area (Å²) in [7, 11) is 2.19. The molecule has 124 valence electrons. The van der Waals surface area contributed by atoms with Gasteiger partial charge in [-0.3, -0.25) is 9.78 Å². The number of rotatable bonds is 3. The van der Waals surface area contributed by atoms with E-state index in [4.69, 9.17) is 0 Å². The van der Waals surface area contributed by atoms with Gasteiger partial charge in [-0.15, -0.1) is 0 Å². The summed E-state index contributed by atoms with van der Waals surface area (Å²) in [6.07, 6.45) is 14.1. The quantitative estimate of drug-likeness (QED) is 0.804. The smallest absolute Gasteiger partial charge is 0.274 e. The largest absolute Gasteiger partial charge is 0.337 e. The van der Waals surface area contributed by atoms with E-state index in [0.717, 1.165) is 32.5 Å². The van der Waals surface area contributed by atoms with Gasteiger partial charge in [0.05, 0.1) is 6.20 Å². The molecule has 0 saturated carbocycles. The fourth-order valence-corrected chi connectivity index (χ4v) is 3.68. The highest BCUT2D eigenvalue weighted by Gasteiger charge is 2.36. The first-order valence-corrected chi connectivity index (χ1v) is 8.58. The minimum absolute atomic E-state index is 0.0105. The number of carbonyl (C=O) groups excluding carboxylic acids is 1. The highest BCUT2D eigenvalue weighted by atomic mass is 16.2. The van der Waals surface area contributed by atoms with E-state index in [9.17, 15) is 4.79 Å². The van der Waals surface area contributed by atoms with E-state index in [1.54, 1.807) is 18.6 Å². The molecule has 1 aromatic rings. The van der Waals surface area contributed by atoms with Crippen LogP contribution in [0.25, 0.3) is 0 Å². The molecule has 2 heterocycles. The van der Waals surface area contributed by atoms with E-state index in [-0.39, 0.29) is 5.91 Å². The molecule has 1 aromatic heterocycles. The topological polar surface area (TPSA) is 49.3 Å². The molecule has 1 amide bonds. The molecule has 3 rings (SSSR count). The molecule has 1 atom stereocenters. The van der Waals surface area contributed by atoms with Crippen LogP contribution in [0.4, 0.5) is 0 Å². The summed E-state index contributed by atoms with van der Waals surface area (Å²) >= 11 is 0. The van der Waals surface area contributed by atoms with Crippen LogP contribution in [-0.4, -0.2) is 58.4 Å². The number of likely N-dealkylation sites (N-methyl/N-ethyl adjacent to an activating group) is 1. The molecule has 1 spiro atoms. The molecule has 0 radical (unpaired) electrons. The summed E-state index contributed by atoms with van der Waals surface area (Å²) in [6, 6.07) is 0.574. The fraction of sp³-hybridized carbons (Fsp3) is 0.611. The number of hydrogen-bond acceptors (Lipinski definition) is 4. The van der Waals surface area contributed by atoms with Gasteiger partial charge in [0.2, 0.25) is 0 Å². The molecule has 0 unspecified atom stereocenters. The van der Waals surface area contributed by atoms with Gasteiger partial charge in [0.15, 0.2) is 0 Å². The first-order chi connectivity index (χ1) is 11.1. The van der Waals surface area contributed by atoms with Gasteiger partial charge in [0, 0.05) is 31.5 Å². The van der Waals surface area contributed by atoms with Crippen LogP contribution in [0.15, 0.2) is 30.7 Å². The Bertz CT molecular complexity index is 564. The van der Waals surface area contributed by atoms with Crippen molar-refractivity contribution < 1.29 is 4.79 Å². The predicted octanol–water partition coefficient (Wildman–Crippen LogP) is 2.37. The normalized spacial score (nSPS) is 23.4. The van der Waals surface area contributed by atoms with Crippen molar-refractivity contribution in [2.75, 3.05) is 26.7 Å². The molecule has 1 fully saturated rings. The number of piperidine rings is 1. The number of nitrogens with zero attached hydrogens (tertiary/aromatic N) is 4. The van der Waals surface area contributed by atoms with Crippen molar-refractivity contribution in [1.29, 1.82) is 0 Å². The Morgan fingerprint density at radius 1 is 1.35 bits per heavy atom. The minimum atomic E-state index is 0.0105. The van der Waals surface area contributed by atoms with Crippen molar-refractivity contribution in [3.8, 4) is 0 Å². The maximum atomic E-state index is 12.4. The third-order valence-corrected chi connectivity index (χ3v) is 5.50. The average molecular weight is 314 g/mol. The molecule has 0 N–H and O–H groups in total. The molecule has 1 aliphatic carbocycles. The van der Waals surface area contributed by atoms with Crippen molar-refractivity contribution in [1.82, 2.24) is 19.8 Å². The predicted molar refractivity (Wildman–Crippen MR) is 90.1 cm³/mol. The van der Waals surface area contributed by atoms with Crippen LogP contribution in [0.2, 0.25) is 0 Å². The molecular formula is C18H26N4O. The molecule has 5 heteroatoms. The van der Waals surface area contributed by atoms with Crippen LogP contribution in [0.5, 0.6) is 0 Å². The van der Waals surface area contributed by atoms with E-state index in [0.29, 0.717) is 17.2 Å². The summed E-state index contributed by atoms with van der Waals surface area (Å²) in [4.78, 5) is 24.9. The molecule has 0 aromatic carbocycles. The zero-order chi connectivity index (χ0) is 16.3. The van der Waals surface area contributed by atoms with Gasteiger partial charge >= 0.3 is 0 Å². The van der Waals surface area contributed by atoms with E-state index in [2.05, 4.69) is 41.0 Å². The monoisotopic (exact) mass is 314 g/mol. The first kappa shape index (κ1) is 16.1. The zero-order valence-corrected chi connectivity index (χ0v) is 14.1. The van der Waals surface area contributed by atoms with Gasteiger partial charge in [0.1, 0.15) is 5.69 Å². The van der Waals surface area contributed by atoms with Gasteiger partial charge in [-0.25, -0.2) is 4.98 Å². The molecular weight excluding hydrogens is 288 g/mol. The second kappa shape index (κ2) is 6.79. The third-order valence-electron chi connectivity index (χ3n) is 5.50. The Hall–Kier alpha value is -1.75. The van der Waals surface area contributed by atoms with Gasteiger partial charge in [-0.05, 0) is 44.7 Å². The lowest BCUT2D eigenvalue weighted by molar-refractivity contribution is 0.0604. The fourth-order valence-electron chi connectivity index (χ4n) is 3.68. The first-order valence-electron chi connectivity index (χ1n) is 8.58. The van der Waals surface area contributed by atoms with E-state index in [1.807, 2.05) is 4.90 Å². The van der Waals surface area contributed by atoms with Crippen molar-refractivity contribution in [3.05, 3.63) is 36.4 Å². The summed E-state index contributed by atoms with van der Waals surface area (Å²) in [5.74, 6) is 0.0105. The Kier molecular flexibility index (Phi) is 4.76. The molecule has 1 aliphatic heterocycles. The third kappa shape index (κ3) is 3.44. The van der Waals surface area contributed by atoms with Crippen molar-refractivity contribution in [2.24, 2.45) is 5.41 Å². The minimum Gasteiger partial charge on any atom is -0.337 e. The van der Waals surface area contributed by atoms with Crippen LogP contribution in [0.3, 0.4) is 0 Å². The van der Waals surface area contributed by atoms with Gasteiger partial charge in [0.25, 0.3) is 5.91 Å². The maximum Gasteiger partial charge on any atom is 0.274 e. The second-order valence-corrected chi connectivity index (χ2v) is 6.78. The van der Waals surface area contributed by atoms with Crippen LogP contribution in [0.1, 0.15) is 43.1 Å². The maximum absolute atomic E-state index is 12.4. The highest BCUT2D eigenvalue weighted by molar-refractivity contribution is 5.92. The lowest BCUT2D eigenvalue weighted by atomic mass is 9.71. The number of allylic oxidation sites excluding steroid dienone is 1. The Morgan fingerprint density at radius 2 is 2.13 bits per heavy atom.